The molecule has 0 aliphatic rings. The van der Waals surface area contributed by atoms with E-state index in [1.54, 1.807) is 0 Å². The lowest BCUT2D eigenvalue weighted by atomic mass is 10.1. The van der Waals surface area contributed by atoms with Crippen LogP contribution in [-0.4, -0.2) is 27.4 Å². The number of carbonyl (C=O) groups is 1. The van der Waals surface area contributed by atoms with Gasteiger partial charge in [-0.05, 0) is 24.6 Å². The van der Waals surface area contributed by atoms with E-state index in [1.807, 2.05) is 0 Å². The van der Waals surface area contributed by atoms with Crippen molar-refractivity contribution in [3.63, 3.8) is 0 Å². The molecule has 0 aromatic heterocycles. The van der Waals surface area contributed by atoms with Crippen molar-refractivity contribution in [2.45, 2.75) is 11.8 Å². The van der Waals surface area contributed by atoms with Gasteiger partial charge >= 0.3 is 0 Å². The number of halogens is 1. The van der Waals surface area contributed by atoms with Gasteiger partial charge < -0.3 is 11.1 Å². The van der Waals surface area contributed by atoms with Crippen molar-refractivity contribution in [3.05, 3.63) is 27.7 Å². The third kappa shape index (κ3) is 3.52. The molecular weight excluding hydrogens is 322 g/mol. The number of primary sulfonamides is 1. The van der Waals surface area contributed by atoms with Gasteiger partial charge in [-0.2, -0.15) is 0 Å². The van der Waals surface area contributed by atoms with E-state index in [4.69, 9.17) is 10.9 Å². The Bertz CT molecular complexity index is 572. The number of hydrogen-bond donors (Lipinski definition) is 3. The Kier molecular flexibility index (Phi) is 4.85. The first-order valence-electron chi connectivity index (χ1n) is 5.08. The van der Waals surface area contributed by atoms with Crippen molar-refractivity contribution in [2.24, 2.45) is 10.9 Å². The summed E-state index contributed by atoms with van der Waals surface area (Å²) >= 11 is 3.15. The minimum Gasteiger partial charge on any atom is -0.351 e. The fourth-order valence-corrected chi connectivity index (χ4v) is 2.90. The molecule has 18 heavy (non-hydrogen) atoms. The summed E-state index contributed by atoms with van der Waals surface area (Å²) in [5, 5.41) is 7.67. The summed E-state index contributed by atoms with van der Waals surface area (Å²) in [6.45, 7) is 2.15. The van der Waals surface area contributed by atoms with Crippen molar-refractivity contribution in [2.75, 3.05) is 13.1 Å². The number of benzene rings is 1. The van der Waals surface area contributed by atoms with Crippen LogP contribution in [0.25, 0.3) is 0 Å². The molecule has 0 aliphatic heterocycles. The smallest absolute Gasteiger partial charge is 0.251 e. The molecule has 1 amide bonds. The summed E-state index contributed by atoms with van der Waals surface area (Å²) in [6.07, 6.45) is 0. The van der Waals surface area contributed by atoms with E-state index >= 15 is 0 Å². The number of sulfonamides is 1. The highest BCUT2D eigenvalue weighted by atomic mass is 79.9. The average Bonchev–Trinajstić information content (AvgIpc) is 2.27. The van der Waals surface area contributed by atoms with Crippen LogP contribution >= 0.6 is 15.9 Å². The highest BCUT2D eigenvalue weighted by molar-refractivity contribution is 9.10. The van der Waals surface area contributed by atoms with Crippen LogP contribution in [-0.2, 0) is 10.0 Å². The summed E-state index contributed by atoms with van der Waals surface area (Å²) in [5.74, 6) is -0.385. The molecule has 0 fully saturated rings. The predicted octanol–water partition coefficient (Wildman–Crippen LogP) is 0.0934. The number of amides is 1. The summed E-state index contributed by atoms with van der Waals surface area (Å²) in [4.78, 5) is 11.8. The molecule has 1 rings (SSSR count). The largest absolute Gasteiger partial charge is 0.351 e. The molecule has 5 N–H and O–H groups in total. The number of nitrogens with one attached hydrogen (secondary N) is 1. The van der Waals surface area contributed by atoms with Crippen LogP contribution < -0.4 is 16.2 Å². The number of carbonyl (C=O) groups excluding carboxylic acids is 1. The molecule has 0 saturated carbocycles. The Morgan fingerprint density at radius 2 is 2.06 bits per heavy atom. The van der Waals surface area contributed by atoms with E-state index in [0.717, 1.165) is 0 Å². The van der Waals surface area contributed by atoms with Gasteiger partial charge in [-0.3, -0.25) is 4.79 Å². The van der Waals surface area contributed by atoms with Crippen LogP contribution in [0.3, 0.4) is 0 Å². The zero-order valence-corrected chi connectivity index (χ0v) is 12.1. The molecule has 0 radical (unpaired) electrons. The van der Waals surface area contributed by atoms with Crippen molar-refractivity contribution in [1.82, 2.24) is 5.32 Å². The standard InChI is InChI=1S/C10H14BrN3O3S/c1-6-8(10(15)14-3-2-12)4-7(11)5-9(6)18(13,16)17/h4-5H,2-3,12H2,1H3,(H,14,15)(H2,13,16,17). The molecule has 1 aromatic carbocycles. The quantitative estimate of drug-likeness (QED) is 0.723. The monoisotopic (exact) mass is 335 g/mol. The van der Waals surface area contributed by atoms with E-state index < -0.39 is 10.0 Å². The first kappa shape index (κ1) is 15.1. The van der Waals surface area contributed by atoms with Crippen LogP contribution in [0.15, 0.2) is 21.5 Å². The van der Waals surface area contributed by atoms with Gasteiger partial charge in [-0.1, -0.05) is 15.9 Å². The van der Waals surface area contributed by atoms with Gasteiger partial charge in [0.05, 0.1) is 4.90 Å². The third-order valence-electron chi connectivity index (χ3n) is 2.31. The molecule has 0 unspecified atom stereocenters. The minimum atomic E-state index is -3.87. The molecule has 0 spiro atoms. The molecule has 0 bridgehead atoms. The number of hydrogen-bond acceptors (Lipinski definition) is 4. The number of rotatable bonds is 4. The van der Waals surface area contributed by atoms with E-state index in [-0.39, 0.29) is 16.4 Å². The van der Waals surface area contributed by atoms with Gasteiger partial charge in [0.2, 0.25) is 10.0 Å². The van der Waals surface area contributed by atoms with Gasteiger partial charge in [0, 0.05) is 23.1 Å². The average molecular weight is 336 g/mol. The lowest BCUT2D eigenvalue weighted by molar-refractivity contribution is 0.0954. The zero-order chi connectivity index (χ0) is 13.9. The zero-order valence-electron chi connectivity index (χ0n) is 9.73. The molecule has 0 saturated heterocycles. The van der Waals surface area contributed by atoms with E-state index in [1.165, 1.54) is 19.1 Å². The topological polar surface area (TPSA) is 115 Å². The lowest BCUT2D eigenvalue weighted by Crippen LogP contribution is -2.30. The van der Waals surface area contributed by atoms with Crippen LogP contribution in [0.5, 0.6) is 0 Å². The fourth-order valence-electron chi connectivity index (χ4n) is 1.47. The van der Waals surface area contributed by atoms with Gasteiger partial charge in [-0.25, -0.2) is 13.6 Å². The maximum Gasteiger partial charge on any atom is 0.251 e. The first-order valence-corrected chi connectivity index (χ1v) is 7.42. The summed E-state index contributed by atoms with van der Waals surface area (Å²) in [5.41, 5.74) is 5.85. The molecule has 0 heterocycles. The van der Waals surface area contributed by atoms with Crippen molar-refractivity contribution in [3.8, 4) is 0 Å². The lowest BCUT2D eigenvalue weighted by Gasteiger charge is -2.11. The molecular formula is C10H14BrN3O3S. The molecule has 0 aliphatic carbocycles. The second-order valence-electron chi connectivity index (χ2n) is 3.67. The van der Waals surface area contributed by atoms with Crippen LogP contribution in [0.4, 0.5) is 0 Å². The molecule has 100 valence electrons. The van der Waals surface area contributed by atoms with Gasteiger partial charge in [-0.15, -0.1) is 0 Å². The van der Waals surface area contributed by atoms with Crippen molar-refractivity contribution < 1.29 is 13.2 Å². The van der Waals surface area contributed by atoms with E-state index in [0.29, 0.717) is 23.1 Å². The second kappa shape index (κ2) is 5.79. The fraction of sp³-hybridized carbons (Fsp3) is 0.300. The van der Waals surface area contributed by atoms with Crippen molar-refractivity contribution >= 4 is 31.9 Å². The molecule has 1 aromatic rings. The Morgan fingerprint density at radius 1 is 1.44 bits per heavy atom. The Hall–Kier alpha value is -0.960. The second-order valence-corrected chi connectivity index (χ2v) is 6.11. The van der Waals surface area contributed by atoms with Crippen LogP contribution in [0, 0.1) is 6.92 Å². The maximum atomic E-state index is 11.8. The Labute approximate surface area is 114 Å². The van der Waals surface area contributed by atoms with Crippen LogP contribution in [0.2, 0.25) is 0 Å². The molecule has 0 atom stereocenters. The number of nitrogens with two attached hydrogens (primary N) is 2. The van der Waals surface area contributed by atoms with Gasteiger partial charge in [0.1, 0.15) is 0 Å². The predicted molar refractivity (Wildman–Crippen MR) is 71.6 cm³/mol. The molecule has 8 heteroatoms. The Morgan fingerprint density at radius 3 is 2.56 bits per heavy atom. The highest BCUT2D eigenvalue weighted by Crippen LogP contribution is 2.23. The van der Waals surface area contributed by atoms with E-state index in [9.17, 15) is 13.2 Å². The summed E-state index contributed by atoms with van der Waals surface area (Å²) in [7, 11) is -3.87. The first-order chi connectivity index (χ1) is 8.27. The SMILES string of the molecule is Cc1c(C(=O)NCCN)cc(Br)cc1S(N)(=O)=O. The van der Waals surface area contributed by atoms with E-state index in [2.05, 4.69) is 21.2 Å². The normalized spacial score (nSPS) is 11.3. The minimum absolute atomic E-state index is 0.0743. The highest BCUT2D eigenvalue weighted by Gasteiger charge is 2.19. The maximum absolute atomic E-state index is 11.8. The third-order valence-corrected chi connectivity index (χ3v) is 3.80. The van der Waals surface area contributed by atoms with Gasteiger partial charge in [0.25, 0.3) is 5.91 Å². The van der Waals surface area contributed by atoms with Crippen molar-refractivity contribution in [1.29, 1.82) is 0 Å². The summed E-state index contributed by atoms with van der Waals surface area (Å²) in [6, 6.07) is 2.90. The molecule has 6 nitrogen and oxygen atoms in total. The summed E-state index contributed by atoms with van der Waals surface area (Å²) < 4.78 is 23.3. The Balaban J connectivity index is 3.30. The van der Waals surface area contributed by atoms with Crippen LogP contribution in [0.1, 0.15) is 15.9 Å². The van der Waals surface area contributed by atoms with Gasteiger partial charge in [0.15, 0.2) is 0 Å².